The molecule has 32 heavy (non-hydrogen) atoms. The minimum absolute atomic E-state index is 0.183. The summed E-state index contributed by atoms with van der Waals surface area (Å²) in [5.41, 5.74) is 2.96. The molecule has 0 radical (unpaired) electrons. The molecule has 2 aromatic heterocycles. The van der Waals surface area contributed by atoms with Crippen molar-refractivity contribution in [3.05, 3.63) is 75.3 Å². The quantitative estimate of drug-likeness (QED) is 0.230. The van der Waals surface area contributed by atoms with Gasteiger partial charge in [-0.2, -0.15) is 0 Å². The Labute approximate surface area is 196 Å². The Morgan fingerprint density at radius 2 is 1.84 bits per heavy atom. The van der Waals surface area contributed by atoms with Gasteiger partial charge in [0, 0.05) is 30.2 Å². The van der Waals surface area contributed by atoms with E-state index >= 15 is 0 Å². The Kier molecular flexibility index (Phi) is 8.72. The van der Waals surface area contributed by atoms with E-state index in [0.29, 0.717) is 5.76 Å². The van der Waals surface area contributed by atoms with Crippen LogP contribution in [0.4, 0.5) is 0 Å². The maximum absolute atomic E-state index is 11.6. The number of benzene rings is 1. The first-order valence-corrected chi connectivity index (χ1v) is 11.8. The van der Waals surface area contributed by atoms with E-state index in [1.807, 2.05) is 48.0 Å². The highest BCUT2D eigenvalue weighted by molar-refractivity contribution is 7.14. The standard InChI is InChI=1S/C24H26N2O4S2/c1-16(21(29-3)13-23(27)30-4)20(28-2)11-10-18-14-32-24(25-18)19-15-31-22(26-19)12-17-8-6-5-7-9-17/h5-11,13-16,20H,12H2,1-4H3/t16-,20+/m1/s1. The van der Waals surface area contributed by atoms with E-state index in [4.69, 9.17) is 19.4 Å². The van der Waals surface area contributed by atoms with Gasteiger partial charge >= 0.3 is 5.97 Å². The van der Waals surface area contributed by atoms with Crippen molar-refractivity contribution >= 4 is 34.7 Å². The first-order chi connectivity index (χ1) is 15.5. The third-order valence-electron chi connectivity index (χ3n) is 4.86. The van der Waals surface area contributed by atoms with Crippen molar-refractivity contribution in [2.45, 2.75) is 19.4 Å². The molecule has 1 aromatic carbocycles. The van der Waals surface area contributed by atoms with Gasteiger partial charge in [-0.3, -0.25) is 0 Å². The zero-order valence-corrected chi connectivity index (χ0v) is 20.1. The zero-order chi connectivity index (χ0) is 22.9. The van der Waals surface area contributed by atoms with Crippen LogP contribution in [0.15, 0.2) is 59.0 Å². The molecule has 168 valence electrons. The molecule has 2 atom stereocenters. The lowest BCUT2D eigenvalue weighted by atomic mass is 10.0. The number of rotatable bonds is 10. The topological polar surface area (TPSA) is 70.5 Å². The molecule has 0 unspecified atom stereocenters. The summed E-state index contributed by atoms with van der Waals surface area (Å²) in [5.74, 6) is -0.162. The first kappa shape index (κ1) is 23.8. The highest BCUT2D eigenvalue weighted by Gasteiger charge is 2.20. The van der Waals surface area contributed by atoms with E-state index < -0.39 is 5.97 Å². The van der Waals surface area contributed by atoms with E-state index in [2.05, 4.69) is 16.9 Å². The molecule has 0 saturated heterocycles. The molecule has 8 heteroatoms. The molecule has 0 N–H and O–H groups in total. The summed E-state index contributed by atoms with van der Waals surface area (Å²) in [6, 6.07) is 10.3. The third kappa shape index (κ3) is 6.35. The number of hydrogen-bond acceptors (Lipinski definition) is 8. The molecule has 0 spiro atoms. The largest absolute Gasteiger partial charge is 0.500 e. The average molecular weight is 471 g/mol. The van der Waals surface area contributed by atoms with Gasteiger partial charge in [-0.05, 0) is 11.6 Å². The van der Waals surface area contributed by atoms with Gasteiger partial charge in [0.1, 0.15) is 16.5 Å². The molecule has 0 amide bonds. The van der Waals surface area contributed by atoms with Crippen molar-refractivity contribution in [2.75, 3.05) is 21.3 Å². The van der Waals surface area contributed by atoms with Gasteiger partial charge in [0.15, 0.2) is 0 Å². The van der Waals surface area contributed by atoms with E-state index in [1.165, 1.54) is 25.9 Å². The van der Waals surface area contributed by atoms with Crippen molar-refractivity contribution in [1.82, 2.24) is 9.97 Å². The summed E-state index contributed by atoms with van der Waals surface area (Å²) in [4.78, 5) is 21.0. The predicted molar refractivity (Wildman–Crippen MR) is 129 cm³/mol. The van der Waals surface area contributed by atoms with Crippen molar-refractivity contribution < 1.29 is 19.0 Å². The van der Waals surface area contributed by atoms with Crippen LogP contribution in [0.25, 0.3) is 16.8 Å². The Hall–Kier alpha value is -2.81. The van der Waals surface area contributed by atoms with Crippen LogP contribution in [0.3, 0.4) is 0 Å². The van der Waals surface area contributed by atoms with Gasteiger partial charge in [-0.1, -0.05) is 43.3 Å². The Bertz CT molecular complexity index is 1070. The van der Waals surface area contributed by atoms with E-state index in [1.54, 1.807) is 29.8 Å². The molecular weight excluding hydrogens is 444 g/mol. The van der Waals surface area contributed by atoms with Crippen LogP contribution in [-0.4, -0.2) is 43.4 Å². The molecular formula is C24H26N2O4S2. The van der Waals surface area contributed by atoms with Gasteiger partial charge in [-0.25, -0.2) is 14.8 Å². The second kappa shape index (κ2) is 11.7. The van der Waals surface area contributed by atoms with E-state index in [-0.39, 0.29) is 12.0 Å². The lowest BCUT2D eigenvalue weighted by molar-refractivity contribution is -0.135. The maximum atomic E-state index is 11.6. The van der Waals surface area contributed by atoms with Crippen LogP contribution < -0.4 is 0 Å². The molecule has 0 bridgehead atoms. The molecule has 0 aliphatic rings. The van der Waals surface area contributed by atoms with Crippen LogP contribution in [0.5, 0.6) is 0 Å². The highest BCUT2D eigenvalue weighted by atomic mass is 32.1. The van der Waals surface area contributed by atoms with Crippen LogP contribution in [0.2, 0.25) is 0 Å². The number of hydrogen-bond donors (Lipinski definition) is 0. The summed E-state index contributed by atoms with van der Waals surface area (Å²) in [7, 11) is 4.47. The minimum atomic E-state index is -0.466. The Balaban J connectivity index is 1.68. The van der Waals surface area contributed by atoms with Crippen LogP contribution in [0, 0.1) is 5.92 Å². The fourth-order valence-corrected chi connectivity index (χ4v) is 4.73. The smallest absolute Gasteiger partial charge is 0.333 e. The fourth-order valence-electron chi connectivity index (χ4n) is 3.10. The summed E-state index contributed by atoms with van der Waals surface area (Å²) < 4.78 is 15.6. The fraction of sp³-hybridized carbons (Fsp3) is 0.292. The summed E-state index contributed by atoms with van der Waals surface area (Å²) in [5, 5.41) is 5.98. The normalized spacial score (nSPS) is 13.8. The number of methoxy groups -OCH3 is 3. The van der Waals surface area contributed by atoms with E-state index in [9.17, 15) is 4.79 Å². The summed E-state index contributed by atoms with van der Waals surface area (Å²) >= 11 is 3.20. The van der Waals surface area contributed by atoms with Crippen molar-refractivity contribution in [1.29, 1.82) is 0 Å². The van der Waals surface area contributed by atoms with Crippen LogP contribution in [0.1, 0.15) is 23.2 Å². The highest BCUT2D eigenvalue weighted by Crippen LogP contribution is 2.27. The predicted octanol–water partition coefficient (Wildman–Crippen LogP) is 5.23. The summed E-state index contributed by atoms with van der Waals surface area (Å²) in [6.45, 7) is 1.92. The molecule has 0 saturated carbocycles. The van der Waals surface area contributed by atoms with Crippen LogP contribution in [-0.2, 0) is 25.4 Å². The Morgan fingerprint density at radius 1 is 1.06 bits per heavy atom. The second-order valence-corrected chi connectivity index (χ2v) is 8.79. The second-order valence-electron chi connectivity index (χ2n) is 6.99. The monoisotopic (exact) mass is 470 g/mol. The molecule has 2 heterocycles. The maximum Gasteiger partial charge on any atom is 0.333 e. The van der Waals surface area contributed by atoms with Crippen LogP contribution >= 0.6 is 22.7 Å². The van der Waals surface area contributed by atoms with Crippen molar-refractivity contribution in [3.63, 3.8) is 0 Å². The number of nitrogens with zero attached hydrogens (tertiary/aromatic N) is 2. The zero-order valence-electron chi connectivity index (χ0n) is 18.5. The number of aromatic nitrogens is 2. The number of carbonyl (C=O) groups excluding carboxylic acids is 1. The third-order valence-corrected chi connectivity index (χ3v) is 6.59. The SMILES string of the molecule is COC(=O)C=C(OC)[C@H](C)[C@H](C=Cc1csc(-c2csc(Cc3ccccc3)n2)n1)OC. The molecule has 3 aromatic rings. The van der Waals surface area contributed by atoms with Crippen molar-refractivity contribution in [3.8, 4) is 10.7 Å². The lowest BCUT2D eigenvalue weighted by Gasteiger charge is -2.21. The van der Waals surface area contributed by atoms with Gasteiger partial charge < -0.3 is 14.2 Å². The van der Waals surface area contributed by atoms with Crippen molar-refractivity contribution in [2.24, 2.45) is 5.92 Å². The number of esters is 1. The number of carbonyl (C=O) groups is 1. The molecule has 0 aliphatic heterocycles. The Morgan fingerprint density at radius 3 is 2.53 bits per heavy atom. The average Bonchev–Trinajstić information content (AvgIpc) is 3.47. The number of ether oxygens (including phenoxy) is 3. The van der Waals surface area contributed by atoms with E-state index in [0.717, 1.165) is 27.8 Å². The van der Waals surface area contributed by atoms with Gasteiger partial charge in [0.2, 0.25) is 0 Å². The van der Waals surface area contributed by atoms with Gasteiger partial charge in [0.05, 0.1) is 37.1 Å². The van der Waals surface area contributed by atoms with Gasteiger partial charge in [-0.15, -0.1) is 22.7 Å². The van der Waals surface area contributed by atoms with Gasteiger partial charge in [0.25, 0.3) is 0 Å². The summed E-state index contributed by atoms with van der Waals surface area (Å²) in [6.07, 6.45) is 5.68. The number of thiazole rings is 2. The molecule has 3 rings (SSSR count). The molecule has 0 fully saturated rings. The first-order valence-electron chi connectivity index (χ1n) is 10.0. The molecule has 0 aliphatic carbocycles. The molecule has 6 nitrogen and oxygen atoms in total. The lowest BCUT2D eigenvalue weighted by Crippen LogP contribution is -2.21. The minimum Gasteiger partial charge on any atom is -0.500 e.